The van der Waals surface area contributed by atoms with Crippen LogP contribution in [-0.2, 0) is 0 Å². The molecule has 2 atom stereocenters. The van der Waals surface area contributed by atoms with Crippen molar-refractivity contribution in [3.63, 3.8) is 0 Å². The lowest BCUT2D eigenvalue weighted by molar-refractivity contribution is 0.0995. The standard InChI is InChI=1S/C18H24N10O/c19-9-22-10-23-11-5-7-12(8-6-11)24-17-15(16(21)29)27-28-18(26-17)25-14-4-2-1-3-13(14)20/h5-10,13-14H,1-4,20H2,(H2,21,29)(H2,19,22,23)(H2,24,25,26,28)/t13-,14+/m0/s1. The molecule has 8 N–H and O–H groups in total. The zero-order valence-corrected chi connectivity index (χ0v) is 15.8. The van der Waals surface area contributed by atoms with E-state index in [9.17, 15) is 4.79 Å². The van der Waals surface area contributed by atoms with Crippen LogP contribution in [0.5, 0.6) is 0 Å². The highest BCUT2D eigenvalue weighted by atomic mass is 16.1. The van der Waals surface area contributed by atoms with Gasteiger partial charge >= 0.3 is 0 Å². The first-order chi connectivity index (χ1) is 14.1. The molecule has 0 saturated heterocycles. The Labute approximate surface area is 167 Å². The normalized spacial score (nSPS) is 18.9. The zero-order valence-electron chi connectivity index (χ0n) is 15.8. The molecule has 11 nitrogen and oxygen atoms in total. The first kappa shape index (κ1) is 20.1. The van der Waals surface area contributed by atoms with Crippen molar-refractivity contribution in [2.45, 2.75) is 37.8 Å². The molecule has 1 saturated carbocycles. The van der Waals surface area contributed by atoms with Crippen LogP contribution in [0.4, 0.5) is 23.1 Å². The van der Waals surface area contributed by atoms with E-state index in [0.717, 1.165) is 37.7 Å². The van der Waals surface area contributed by atoms with Gasteiger partial charge in [-0.1, -0.05) is 12.8 Å². The summed E-state index contributed by atoms with van der Waals surface area (Å²) >= 11 is 0. The van der Waals surface area contributed by atoms with E-state index < -0.39 is 5.91 Å². The number of aliphatic imine (C=N–C) groups is 1. The fraction of sp³-hybridized carbons (Fsp3) is 0.333. The Morgan fingerprint density at radius 3 is 2.59 bits per heavy atom. The van der Waals surface area contributed by atoms with Crippen molar-refractivity contribution in [2.75, 3.05) is 16.0 Å². The summed E-state index contributed by atoms with van der Waals surface area (Å²) in [5.41, 5.74) is 13.0. The summed E-state index contributed by atoms with van der Waals surface area (Å²) in [5.74, 6) is -0.221. The molecule has 1 aliphatic rings. The molecule has 0 aliphatic heterocycles. The number of nitrogens with one attached hydrogen (secondary N) is 4. The number of hydrogen-bond donors (Lipinski definition) is 6. The number of aromatic nitrogens is 3. The number of rotatable bonds is 8. The molecule has 29 heavy (non-hydrogen) atoms. The average Bonchev–Trinajstić information content (AvgIpc) is 2.71. The van der Waals surface area contributed by atoms with Crippen molar-refractivity contribution in [1.29, 1.82) is 5.41 Å². The summed E-state index contributed by atoms with van der Waals surface area (Å²) in [6.07, 6.45) is 6.42. The fourth-order valence-electron chi connectivity index (χ4n) is 3.08. The summed E-state index contributed by atoms with van der Waals surface area (Å²) in [5, 5.41) is 23.9. The number of carbonyl (C=O) groups excluding carboxylic acids is 1. The van der Waals surface area contributed by atoms with Crippen molar-refractivity contribution in [3.8, 4) is 0 Å². The maximum atomic E-state index is 11.7. The van der Waals surface area contributed by atoms with Crippen molar-refractivity contribution < 1.29 is 4.79 Å². The van der Waals surface area contributed by atoms with Crippen molar-refractivity contribution in [1.82, 2.24) is 15.2 Å². The Balaban J connectivity index is 1.76. The molecule has 0 spiro atoms. The minimum Gasteiger partial charge on any atom is -0.364 e. The Kier molecular flexibility index (Phi) is 6.63. The highest BCUT2D eigenvalue weighted by Gasteiger charge is 2.23. The van der Waals surface area contributed by atoms with Crippen LogP contribution < -0.4 is 27.4 Å². The molecule has 1 aromatic carbocycles. The molecule has 0 radical (unpaired) electrons. The molecule has 1 fully saturated rings. The third-order valence-corrected chi connectivity index (χ3v) is 4.58. The van der Waals surface area contributed by atoms with E-state index in [2.05, 4.69) is 36.1 Å². The van der Waals surface area contributed by atoms with E-state index in [1.807, 2.05) is 0 Å². The number of nitrogens with two attached hydrogens (primary N) is 2. The lowest BCUT2D eigenvalue weighted by Gasteiger charge is -2.29. The van der Waals surface area contributed by atoms with E-state index in [1.54, 1.807) is 24.3 Å². The molecule has 1 heterocycles. The summed E-state index contributed by atoms with van der Waals surface area (Å²) in [4.78, 5) is 19.8. The number of primary amides is 1. The highest BCUT2D eigenvalue weighted by molar-refractivity contribution is 5.96. The second kappa shape index (κ2) is 9.55. The van der Waals surface area contributed by atoms with Gasteiger partial charge in [-0.2, -0.15) is 4.98 Å². The minimum atomic E-state index is -0.727. The molecule has 1 aromatic heterocycles. The van der Waals surface area contributed by atoms with Gasteiger partial charge in [-0.05, 0) is 37.1 Å². The third kappa shape index (κ3) is 5.45. The predicted molar refractivity (Wildman–Crippen MR) is 113 cm³/mol. The molecule has 0 bridgehead atoms. The Hall–Kier alpha value is -3.60. The van der Waals surface area contributed by atoms with Crippen LogP contribution >= 0.6 is 0 Å². The number of carbonyl (C=O) groups is 1. The van der Waals surface area contributed by atoms with E-state index in [0.29, 0.717) is 11.6 Å². The average molecular weight is 396 g/mol. The lowest BCUT2D eigenvalue weighted by atomic mass is 9.91. The fourth-order valence-corrected chi connectivity index (χ4v) is 3.08. The first-order valence-corrected chi connectivity index (χ1v) is 9.27. The Morgan fingerprint density at radius 2 is 1.90 bits per heavy atom. The monoisotopic (exact) mass is 396 g/mol. The molecule has 1 amide bonds. The molecule has 3 rings (SSSR count). The van der Waals surface area contributed by atoms with Crippen LogP contribution in [0.3, 0.4) is 0 Å². The van der Waals surface area contributed by atoms with Crippen LogP contribution in [-0.4, -0.2) is 45.8 Å². The molecule has 11 heteroatoms. The molecule has 152 valence electrons. The van der Waals surface area contributed by atoms with Gasteiger partial charge in [-0.15, -0.1) is 10.2 Å². The first-order valence-electron chi connectivity index (χ1n) is 9.27. The maximum absolute atomic E-state index is 11.7. The largest absolute Gasteiger partial charge is 0.364 e. The van der Waals surface area contributed by atoms with E-state index in [-0.39, 0.29) is 23.6 Å². The topological polar surface area (TPSA) is 180 Å². The van der Waals surface area contributed by atoms with Crippen LogP contribution in [0.15, 0.2) is 29.3 Å². The second-order valence-electron chi connectivity index (χ2n) is 6.65. The van der Waals surface area contributed by atoms with E-state index >= 15 is 0 Å². The molecular weight excluding hydrogens is 372 g/mol. The minimum absolute atomic E-state index is 0.0239. The maximum Gasteiger partial charge on any atom is 0.273 e. The summed E-state index contributed by atoms with van der Waals surface area (Å²) in [6.45, 7) is 0. The van der Waals surface area contributed by atoms with Gasteiger partial charge in [0.25, 0.3) is 5.91 Å². The number of anilines is 4. The van der Waals surface area contributed by atoms with Gasteiger partial charge < -0.3 is 27.4 Å². The van der Waals surface area contributed by atoms with Gasteiger partial charge in [0.1, 0.15) is 6.34 Å². The Bertz CT molecular complexity index is 883. The predicted octanol–water partition coefficient (Wildman–Crippen LogP) is 1.44. The third-order valence-electron chi connectivity index (χ3n) is 4.58. The molecular formula is C18H24N10O. The SMILES string of the molecule is N=C/N=C\Nc1ccc(Nc2nc(N[C@@H]3CCCC[C@@H]3N)nnc2C(N)=O)cc1. The van der Waals surface area contributed by atoms with Crippen molar-refractivity contribution in [3.05, 3.63) is 30.0 Å². The van der Waals surface area contributed by atoms with Gasteiger partial charge in [0.05, 0.1) is 6.34 Å². The van der Waals surface area contributed by atoms with Crippen LogP contribution in [0.2, 0.25) is 0 Å². The van der Waals surface area contributed by atoms with Gasteiger partial charge in [-0.25, -0.2) is 4.99 Å². The van der Waals surface area contributed by atoms with E-state index in [1.165, 1.54) is 6.34 Å². The van der Waals surface area contributed by atoms with Gasteiger partial charge in [-0.3, -0.25) is 10.2 Å². The van der Waals surface area contributed by atoms with Crippen LogP contribution in [0, 0.1) is 5.41 Å². The summed E-state index contributed by atoms with van der Waals surface area (Å²) in [6, 6.07) is 7.27. The number of amides is 1. The molecule has 2 aromatic rings. The van der Waals surface area contributed by atoms with Gasteiger partial charge in [0.15, 0.2) is 11.5 Å². The number of benzene rings is 1. The number of nitrogens with zero attached hydrogens (tertiary/aromatic N) is 4. The van der Waals surface area contributed by atoms with Crippen molar-refractivity contribution in [2.24, 2.45) is 16.5 Å². The van der Waals surface area contributed by atoms with Crippen LogP contribution in [0.25, 0.3) is 0 Å². The smallest absolute Gasteiger partial charge is 0.273 e. The highest BCUT2D eigenvalue weighted by Crippen LogP contribution is 2.22. The van der Waals surface area contributed by atoms with Gasteiger partial charge in [0.2, 0.25) is 5.95 Å². The number of hydrogen-bond acceptors (Lipinski definition) is 8. The lowest BCUT2D eigenvalue weighted by Crippen LogP contribution is -2.43. The van der Waals surface area contributed by atoms with Gasteiger partial charge in [0, 0.05) is 23.5 Å². The summed E-state index contributed by atoms with van der Waals surface area (Å²) < 4.78 is 0. The molecule has 0 unspecified atom stereocenters. The van der Waals surface area contributed by atoms with Crippen LogP contribution in [0.1, 0.15) is 36.2 Å². The quantitative estimate of drug-likeness (QED) is 0.286. The molecule has 1 aliphatic carbocycles. The Morgan fingerprint density at radius 1 is 1.17 bits per heavy atom. The second-order valence-corrected chi connectivity index (χ2v) is 6.65. The van der Waals surface area contributed by atoms with Crippen molar-refractivity contribution >= 4 is 41.7 Å². The zero-order chi connectivity index (χ0) is 20.6. The summed E-state index contributed by atoms with van der Waals surface area (Å²) in [7, 11) is 0. The van der Waals surface area contributed by atoms with E-state index in [4.69, 9.17) is 16.9 Å².